The standard InChI is InChI=1S/C16H26N2O2/c1-4-12(3)17-15-8-6-13(7-9-15)10-16(20)18-14(5-2)11-19/h6-9,12,14,17,19H,4-5,10-11H2,1-3H3,(H,18,20). The average Bonchev–Trinajstić information content (AvgIpc) is 2.46. The lowest BCUT2D eigenvalue weighted by Crippen LogP contribution is -2.37. The smallest absolute Gasteiger partial charge is 0.224 e. The molecule has 0 aliphatic rings. The van der Waals surface area contributed by atoms with Gasteiger partial charge in [0, 0.05) is 11.7 Å². The first-order valence-corrected chi connectivity index (χ1v) is 7.34. The van der Waals surface area contributed by atoms with E-state index in [2.05, 4.69) is 24.5 Å². The predicted octanol–water partition coefficient (Wildman–Crippen LogP) is 2.33. The van der Waals surface area contributed by atoms with Crippen LogP contribution >= 0.6 is 0 Å². The van der Waals surface area contributed by atoms with Crippen LogP contribution in [-0.2, 0) is 11.2 Å². The highest BCUT2D eigenvalue weighted by atomic mass is 16.3. The van der Waals surface area contributed by atoms with Gasteiger partial charge in [0.15, 0.2) is 0 Å². The van der Waals surface area contributed by atoms with Crippen molar-refractivity contribution in [2.75, 3.05) is 11.9 Å². The molecule has 1 rings (SSSR count). The van der Waals surface area contributed by atoms with Crippen molar-refractivity contribution in [1.82, 2.24) is 5.32 Å². The molecule has 0 saturated carbocycles. The second-order valence-electron chi connectivity index (χ2n) is 5.18. The number of nitrogens with one attached hydrogen (secondary N) is 2. The van der Waals surface area contributed by atoms with Crippen LogP contribution in [0.2, 0.25) is 0 Å². The minimum atomic E-state index is -0.145. The van der Waals surface area contributed by atoms with Gasteiger partial charge in [0.2, 0.25) is 5.91 Å². The van der Waals surface area contributed by atoms with Gasteiger partial charge in [-0.25, -0.2) is 0 Å². The minimum Gasteiger partial charge on any atom is -0.394 e. The number of anilines is 1. The molecule has 112 valence electrons. The third-order valence-corrected chi connectivity index (χ3v) is 3.42. The summed E-state index contributed by atoms with van der Waals surface area (Å²) in [5.74, 6) is -0.0477. The van der Waals surface area contributed by atoms with Crippen molar-refractivity contribution in [3.05, 3.63) is 29.8 Å². The van der Waals surface area contributed by atoms with Gasteiger partial charge in [-0.1, -0.05) is 26.0 Å². The summed E-state index contributed by atoms with van der Waals surface area (Å²) in [4.78, 5) is 11.8. The molecular formula is C16H26N2O2. The molecule has 1 aromatic carbocycles. The molecule has 20 heavy (non-hydrogen) atoms. The Morgan fingerprint density at radius 1 is 1.20 bits per heavy atom. The summed E-state index contributed by atoms with van der Waals surface area (Å²) >= 11 is 0. The summed E-state index contributed by atoms with van der Waals surface area (Å²) in [6.45, 7) is 6.21. The Bertz CT molecular complexity index is 399. The van der Waals surface area contributed by atoms with Crippen LogP contribution in [-0.4, -0.2) is 29.7 Å². The molecule has 0 aliphatic carbocycles. The Labute approximate surface area is 121 Å². The molecule has 0 bridgehead atoms. The third-order valence-electron chi connectivity index (χ3n) is 3.42. The largest absolute Gasteiger partial charge is 0.394 e. The molecule has 0 aliphatic heterocycles. The van der Waals surface area contributed by atoms with Crippen LogP contribution in [0.25, 0.3) is 0 Å². The van der Waals surface area contributed by atoms with Crippen molar-refractivity contribution in [1.29, 1.82) is 0 Å². The lowest BCUT2D eigenvalue weighted by Gasteiger charge is -2.15. The number of carbonyl (C=O) groups excluding carboxylic acids is 1. The van der Waals surface area contributed by atoms with Crippen molar-refractivity contribution in [3.8, 4) is 0 Å². The van der Waals surface area contributed by atoms with Gasteiger partial charge in [0.1, 0.15) is 0 Å². The molecule has 0 aromatic heterocycles. The molecule has 0 heterocycles. The Kier molecular flexibility index (Phi) is 7.09. The fourth-order valence-electron chi connectivity index (χ4n) is 1.85. The first kappa shape index (κ1) is 16.5. The Morgan fingerprint density at radius 3 is 2.35 bits per heavy atom. The van der Waals surface area contributed by atoms with E-state index < -0.39 is 0 Å². The number of aliphatic hydroxyl groups is 1. The Hall–Kier alpha value is -1.55. The summed E-state index contributed by atoms with van der Waals surface area (Å²) in [5.41, 5.74) is 2.05. The van der Waals surface area contributed by atoms with Crippen LogP contribution in [0.15, 0.2) is 24.3 Å². The molecule has 0 saturated heterocycles. The van der Waals surface area contributed by atoms with Gasteiger partial charge >= 0.3 is 0 Å². The van der Waals surface area contributed by atoms with Crippen LogP contribution in [0, 0.1) is 0 Å². The molecular weight excluding hydrogens is 252 g/mol. The molecule has 1 amide bonds. The van der Waals surface area contributed by atoms with Crippen molar-refractivity contribution >= 4 is 11.6 Å². The van der Waals surface area contributed by atoms with E-state index >= 15 is 0 Å². The topological polar surface area (TPSA) is 61.4 Å². The lowest BCUT2D eigenvalue weighted by molar-refractivity contribution is -0.121. The number of hydrogen-bond donors (Lipinski definition) is 3. The van der Waals surface area contributed by atoms with Crippen molar-refractivity contribution < 1.29 is 9.90 Å². The van der Waals surface area contributed by atoms with E-state index in [0.29, 0.717) is 12.5 Å². The molecule has 0 fully saturated rings. The maximum atomic E-state index is 11.8. The maximum absolute atomic E-state index is 11.8. The quantitative estimate of drug-likeness (QED) is 0.684. The zero-order valence-electron chi connectivity index (χ0n) is 12.6. The van der Waals surface area contributed by atoms with Gasteiger partial charge in [-0.2, -0.15) is 0 Å². The predicted molar refractivity (Wildman–Crippen MR) is 82.8 cm³/mol. The van der Waals surface area contributed by atoms with E-state index in [0.717, 1.165) is 24.1 Å². The van der Waals surface area contributed by atoms with E-state index in [4.69, 9.17) is 5.11 Å². The normalized spacial score (nSPS) is 13.6. The molecule has 4 nitrogen and oxygen atoms in total. The van der Waals surface area contributed by atoms with Gasteiger partial charge < -0.3 is 15.7 Å². The molecule has 2 unspecified atom stereocenters. The van der Waals surface area contributed by atoms with Gasteiger partial charge in [0.05, 0.1) is 19.1 Å². The Balaban J connectivity index is 2.50. The molecule has 0 radical (unpaired) electrons. The summed E-state index contributed by atoms with van der Waals surface area (Å²) in [7, 11) is 0. The van der Waals surface area contributed by atoms with E-state index in [1.165, 1.54) is 0 Å². The number of amides is 1. The maximum Gasteiger partial charge on any atom is 0.224 e. The summed E-state index contributed by atoms with van der Waals surface area (Å²) in [6, 6.07) is 8.22. The lowest BCUT2D eigenvalue weighted by atomic mass is 10.1. The first-order valence-electron chi connectivity index (χ1n) is 7.34. The second kappa shape index (κ2) is 8.59. The van der Waals surface area contributed by atoms with Crippen LogP contribution in [0.3, 0.4) is 0 Å². The summed E-state index contributed by atoms with van der Waals surface area (Å²) in [5, 5.41) is 15.3. The number of benzene rings is 1. The molecule has 2 atom stereocenters. The number of carbonyl (C=O) groups is 1. The average molecular weight is 278 g/mol. The third kappa shape index (κ3) is 5.61. The highest BCUT2D eigenvalue weighted by molar-refractivity contribution is 5.79. The minimum absolute atomic E-state index is 0.0139. The van der Waals surface area contributed by atoms with E-state index in [1.807, 2.05) is 31.2 Å². The van der Waals surface area contributed by atoms with Crippen LogP contribution in [0.5, 0.6) is 0 Å². The number of aliphatic hydroxyl groups excluding tert-OH is 1. The highest BCUT2D eigenvalue weighted by Gasteiger charge is 2.09. The SMILES string of the molecule is CCC(C)Nc1ccc(CC(=O)NC(CC)CO)cc1. The van der Waals surface area contributed by atoms with Crippen molar-refractivity contribution in [2.24, 2.45) is 0 Å². The molecule has 4 heteroatoms. The molecule has 0 spiro atoms. The van der Waals surface area contributed by atoms with Crippen molar-refractivity contribution in [3.63, 3.8) is 0 Å². The molecule has 1 aromatic rings. The van der Waals surface area contributed by atoms with Crippen LogP contribution < -0.4 is 10.6 Å². The second-order valence-corrected chi connectivity index (χ2v) is 5.18. The van der Waals surface area contributed by atoms with Gasteiger partial charge in [-0.3, -0.25) is 4.79 Å². The monoisotopic (exact) mass is 278 g/mol. The zero-order chi connectivity index (χ0) is 15.0. The first-order chi connectivity index (χ1) is 9.58. The molecule has 3 N–H and O–H groups in total. The highest BCUT2D eigenvalue weighted by Crippen LogP contribution is 2.12. The van der Waals surface area contributed by atoms with Gasteiger partial charge in [-0.05, 0) is 37.5 Å². The fraction of sp³-hybridized carbons (Fsp3) is 0.562. The van der Waals surface area contributed by atoms with Gasteiger partial charge in [-0.15, -0.1) is 0 Å². The van der Waals surface area contributed by atoms with Gasteiger partial charge in [0.25, 0.3) is 0 Å². The zero-order valence-corrected chi connectivity index (χ0v) is 12.6. The summed E-state index contributed by atoms with van der Waals surface area (Å²) in [6.07, 6.45) is 2.16. The van der Waals surface area contributed by atoms with E-state index in [1.54, 1.807) is 0 Å². The van der Waals surface area contributed by atoms with Crippen LogP contribution in [0.1, 0.15) is 39.2 Å². The fourth-order valence-corrected chi connectivity index (χ4v) is 1.85. The van der Waals surface area contributed by atoms with E-state index in [9.17, 15) is 4.79 Å². The number of rotatable bonds is 8. The Morgan fingerprint density at radius 2 is 1.85 bits per heavy atom. The summed E-state index contributed by atoms with van der Waals surface area (Å²) < 4.78 is 0. The van der Waals surface area contributed by atoms with Crippen LogP contribution in [0.4, 0.5) is 5.69 Å². The van der Waals surface area contributed by atoms with E-state index in [-0.39, 0.29) is 18.6 Å². The van der Waals surface area contributed by atoms with Crippen molar-refractivity contribution in [2.45, 2.75) is 52.1 Å². The number of hydrogen-bond acceptors (Lipinski definition) is 3.